The predicted octanol–water partition coefficient (Wildman–Crippen LogP) is 2.57. The average molecular weight is 288 g/mol. The molecular formula is C12H11Cl2NO3. The van der Waals surface area contributed by atoms with Crippen LogP contribution in [0, 0.1) is 0 Å². The molecule has 6 heteroatoms. The summed E-state index contributed by atoms with van der Waals surface area (Å²) >= 11 is 11.9. The summed E-state index contributed by atoms with van der Waals surface area (Å²) in [5.41, 5.74) is 0.658. The summed E-state index contributed by atoms with van der Waals surface area (Å²) in [5, 5.41) is 10.0. The molecule has 1 unspecified atom stereocenters. The van der Waals surface area contributed by atoms with Crippen LogP contribution < -0.4 is 0 Å². The zero-order valence-electron chi connectivity index (χ0n) is 9.40. The van der Waals surface area contributed by atoms with E-state index < -0.39 is 12.0 Å². The van der Waals surface area contributed by atoms with Crippen LogP contribution in [0.15, 0.2) is 18.2 Å². The number of carboxylic acid groups (broad SMARTS) is 1. The van der Waals surface area contributed by atoms with Crippen molar-refractivity contribution in [2.75, 3.05) is 0 Å². The van der Waals surface area contributed by atoms with Gasteiger partial charge in [-0.2, -0.15) is 0 Å². The number of benzene rings is 1. The standard InChI is InChI=1S/C12H11Cl2NO3/c13-8-1-2-9(14)7(5-8)6-15-10(12(17)18)3-4-11(15)16/h1-2,5,10H,3-4,6H2,(H,17,18). The molecule has 0 bridgehead atoms. The Morgan fingerprint density at radius 1 is 1.44 bits per heavy atom. The van der Waals surface area contributed by atoms with Crippen molar-refractivity contribution in [3.05, 3.63) is 33.8 Å². The van der Waals surface area contributed by atoms with E-state index in [1.807, 2.05) is 0 Å². The van der Waals surface area contributed by atoms with Crippen molar-refractivity contribution in [3.63, 3.8) is 0 Å². The van der Waals surface area contributed by atoms with Crippen LogP contribution >= 0.6 is 23.2 Å². The molecule has 1 fully saturated rings. The second-order valence-electron chi connectivity index (χ2n) is 4.15. The number of hydrogen-bond donors (Lipinski definition) is 1. The molecule has 0 radical (unpaired) electrons. The molecule has 18 heavy (non-hydrogen) atoms. The fraction of sp³-hybridized carbons (Fsp3) is 0.333. The van der Waals surface area contributed by atoms with Crippen LogP contribution in [0.25, 0.3) is 0 Å². The second-order valence-corrected chi connectivity index (χ2v) is 4.99. The van der Waals surface area contributed by atoms with Crippen LogP contribution in [0.5, 0.6) is 0 Å². The smallest absolute Gasteiger partial charge is 0.326 e. The van der Waals surface area contributed by atoms with Crippen LogP contribution in [0.1, 0.15) is 18.4 Å². The van der Waals surface area contributed by atoms with E-state index in [0.717, 1.165) is 0 Å². The quantitative estimate of drug-likeness (QED) is 0.930. The molecule has 0 aromatic heterocycles. The highest BCUT2D eigenvalue weighted by Crippen LogP contribution is 2.26. The number of carbonyl (C=O) groups excluding carboxylic acids is 1. The highest BCUT2D eigenvalue weighted by molar-refractivity contribution is 6.33. The van der Waals surface area contributed by atoms with E-state index in [-0.39, 0.29) is 18.9 Å². The normalized spacial score (nSPS) is 19.3. The van der Waals surface area contributed by atoms with E-state index in [4.69, 9.17) is 28.3 Å². The third kappa shape index (κ3) is 2.60. The van der Waals surface area contributed by atoms with E-state index in [1.165, 1.54) is 4.90 Å². The van der Waals surface area contributed by atoms with Crippen molar-refractivity contribution in [3.8, 4) is 0 Å². The minimum atomic E-state index is -0.987. The molecule has 1 N–H and O–H groups in total. The van der Waals surface area contributed by atoms with E-state index in [9.17, 15) is 9.59 Å². The fourth-order valence-corrected chi connectivity index (χ4v) is 2.41. The van der Waals surface area contributed by atoms with Gasteiger partial charge in [-0.25, -0.2) is 4.79 Å². The van der Waals surface area contributed by atoms with Gasteiger partial charge in [0, 0.05) is 23.0 Å². The first-order valence-corrected chi connectivity index (χ1v) is 6.21. The van der Waals surface area contributed by atoms with Crippen molar-refractivity contribution in [2.24, 2.45) is 0 Å². The summed E-state index contributed by atoms with van der Waals surface area (Å²) in [5.74, 6) is -1.16. The van der Waals surface area contributed by atoms with Gasteiger partial charge in [-0.05, 0) is 30.2 Å². The first kappa shape index (κ1) is 13.2. The lowest BCUT2D eigenvalue weighted by molar-refractivity contribution is -0.146. The Balaban J connectivity index is 2.24. The summed E-state index contributed by atoms with van der Waals surface area (Å²) in [6.45, 7) is 0.176. The zero-order valence-corrected chi connectivity index (χ0v) is 10.9. The Hall–Kier alpha value is -1.26. The van der Waals surface area contributed by atoms with Crippen molar-refractivity contribution in [1.29, 1.82) is 0 Å². The third-order valence-electron chi connectivity index (χ3n) is 2.96. The van der Waals surface area contributed by atoms with Gasteiger partial charge in [-0.1, -0.05) is 23.2 Å². The van der Waals surface area contributed by atoms with Crippen molar-refractivity contribution in [1.82, 2.24) is 4.90 Å². The maximum absolute atomic E-state index is 11.7. The van der Waals surface area contributed by atoms with Gasteiger partial charge in [0.25, 0.3) is 0 Å². The molecule has 2 rings (SSSR count). The number of carbonyl (C=O) groups is 2. The Morgan fingerprint density at radius 2 is 2.17 bits per heavy atom. The summed E-state index contributed by atoms with van der Waals surface area (Å²) < 4.78 is 0. The number of aliphatic carboxylic acids is 1. The lowest BCUT2D eigenvalue weighted by Crippen LogP contribution is -2.37. The molecule has 1 atom stereocenters. The largest absolute Gasteiger partial charge is 0.480 e. The lowest BCUT2D eigenvalue weighted by Gasteiger charge is -2.22. The molecule has 96 valence electrons. The topological polar surface area (TPSA) is 57.6 Å². The molecule has 0 spiro atoms. The molecule has 1 aromatic rings. The Bertz CT molecular complexity index is 504. The van der Waals surface area contributed by atoms with E-state index in [1.54, 1.807) is 18.2 Å². The van der Waals surface area contributed by atoms with Crippen LogP contribution in [-0.2, 0) is 16.1 Å². The predicted molar refractivity (Wildman–Crippen MR) is 67.7 cm³/mol. The van der Waals surface area contributed by atoms with Gasteiger partial charge in [0.2, 0.25) is 5.91 Å². The number of hydrogen-bond acceptors (Lipinski definition) is 2. The lowest BCUT2D eigenvalue weighted by atomic mass is 10.2. The second kappa shape index (κ2) is 5.16. The number of likely N-dealkylation sites (tertiary alicyclic amines) is 1. The molecule has 0 aliphatic carbocycles. The zero-order chi connectivity index (χ0) is 13.3. The van der Waals surface area contributed by atoms with Crippen LogP contribution in [0.2, 0.25) is 10.0 Å². The third-order valence-corrected chi connectivity index (χ3v) is 3.57. The molecule has 1 heterocycles. The maximum Gasteiger partial charge on any atom is 0.326 e. The Labute approximate surface area is 114 Å². The number of nitrogens with zero attached hydrogens (tertiary/aromatic N) is 1. The fourth-order valence-electron chi connectivity index (χ4n) is 2.04. The number of carboxylic acids is 1. The first-order chi connectivity index (χ1) is 8.49. The van der Waals surface area contributed by atoms with E-state index in [2.05, 4.69) is 0 Å². The summed E-state index contributed by atoms with van der Waals surface area (Å²) in [4.78, 5) is 24.1. The molecule has 1 amide bonds. The van der Waals surface area contributed by atoms with Crippen LogP contribution in [0.4, 0.5) is 0 Å². The highest BCUT2D eigenvalue weighted by Gasteiger charge is 2.36. The molecular weight excluding hydrogens is 277 g/mol. The highest BCUT2D eigenvalue weighted by atomic mass is 35.5. The monoisotopic (exact) mass is 287 g/mol. The minimum Gasteiger partial charge on any atom is -0.480 e. The van der Waals surface area contributed by atoms with Gasteiger partial charge in [0.1, 0.15) is 6.04 Å². The molecule has 0 saturated carbocycles. The number of halogens is 2. The number of rotatable bonds is 3. The van der Waals surface area contributed by atoms with Crippen molar-refractivity contribution >= 4 is 35.1 Å². The van der Waals surface area contributed by atoms with Crippen LogP contribution in [-0.4, -0.2) is 27.9 Å². The Morgan fingerprint density at radius 3 is 2.83 bits per heavy atom. The van der Waals surface area contributed by atoms with E-state index >= 15 is 0 Å². The summed E-state index contributed by atoms with van der Waals surface area (Å²) in [6, 6.07) is 4.16. The maximum atomic E-state index is 11.7. The molecule has 1 aliphatic heterocycles. The number of amides is 1. The van der Waals surface area contributed by atoms with Gasteiger partial charge < -0.3 is 10.0 Å². The average Bonchev–Trinajstić information content (AvgIpc) is 2.66. The van der Waals surface area contributed by atoms with Gasteiger partial charge in [-0.15, -0.1) is 0 Å². The van der Waals surface area contributed by atoms with Crippen molar-refractivity contribution < 1.29 is 14.7 Å². The van der Waals surface area contributed by atoms with Gasteiger partial charge in [0.15, 0.2) is 0 Å². The summed E-state index contributed by atoms with van der Waals surface area (Å²) in [7, 11) is 0. The Kier molecular flexibility index (Phi) is 3.78. The molecule has 1 aliphatic rings. The molecule has 1 saturated heterocycles. The summed E-state index contributed by atoms with van der Waals surface area (Å²) in [6.07, 6.45) is 0.599. The molecule has 1 aromatic carbocycles. The minimum absolute atomic E-state index is 0.168. The van der Waals surface area contributed by atoms with Gasteiger partial charge in [0.05, 0.1) is 0 Å². The van der Waals surface area contributed by atoms with Crippen molar-refractivity contribution in [2.45, 2.75) is 25.4 Å². The van der Waals surface area contributed by atoms with Gasteiger partial charge in [-0.3, -0.25) is 4.79 Å². The van der Waals surface area contributed by atoms with E-state index in [0.29, 0.717) is 22.0 Å². The first-order valence-electron chi connectivity index (χ1n) is 5.45. The van der Waals surface area contributed by atoms with Crippen LogP contribution in [0.3, 0.4) is 0 Å². The van der Waals surface area contributed by atoms with Gasteiger partial charge >= 0.3 is 5.97 Å². The SMILES string of the molecule is O=C(O)C1CCC(=O)N1Cc1cc(Cl)ccc1Cl. The molecule has 4 nitrogen and oxygen atoms in total.